The monoisotopic (exact) mass is 354 g/mol. The van der Waals surface area contributed by atoms with Gasteiger partial charge in [0, 0.05) is 11.8 Å². The van der Waals surface area contributed by atoms with Crippen molar-refractivity contribution in [3.05, 3.63) is 55.1 Å². The van der Waals surface area contributed by atoms with Crippen molar-refractivity contribution in [3.63, 3.8) is 0 Å². The van der Waals surface area contributed by atoms with E-state index in [1.165, 1.54) is 6.39 Å². The molecule has 0 amide bonds. The van der Waals surface area contributed by atoms with E-state index in [1.54, 1.807) is 18.3 Å². The molecule has 0 aliphatic heterocycles. The number of pyridine rings is 2. The Morgan fingerprint density at radius 1 is 0.852 bits per heavy atom. The summed E-state index contributed by atoms with van der Waals surface area (Å²) < 4.78 is 11.1. The van der Waals surface area contributed by atoms with E-state index < -0.39 is 0 Å². The van der Waals surface area contributed by atoms with Crippen molar-refractivity contribution in [1.29, 1.82) is 0 Å². The average molecular weight is 354 g/mol. The van der Waals surface area contributed by atoms with Crippen LogP contribution >= 0.6 is 0 Å². The lowest BCUT2D eigenvalue weighted by Gasteiger charge is -1.94. The summed E-state index contributed by atoms with van der Waals surface area (Å²) in [5, 5.41) is 0. The summed E-state index contributed by atoms with van der Waals surface area (Å²) in [6, 6.07) is 13.1. The van der Waals surface area contributed by atoms with Gasteiger partial charge in [-0.3, -0.25) is 0 Å². The highest BCUT2D eigenvalue weighted by Crippen LogP contribution is 2.28. The summed E-state index contributed by atoms with van der Waals surface area (Å²) in [6.45, 7) is 0. The minimum absolute atomic E-state index is 0.429. The fraction of sp³-hybridized carbons (Fsp3) is 0. The predicted octanol–water partition coefficient (Wildman–Crippen LogP) is 3.97. The zero-order valence-electron chi connectivity index (χ0n) is 13.7. The lowest BCUT2D eigenvalue weighted by atomic mass is 10.2. The lowest BCUT2D eigenvalue weighted by Crippen LogP contribution is -1.84. The van der Waals surface area contributed by atoms with Crippen molar-refractivity contribution in [3.8, 4) is 23.0 Å². The second-order valence-electron chi connectivity index (χ2n) is 6.03. The summed E-state index contributed by atoms with van der Waals surface area (Å²) in [5.41, 5.74) is 5.60. The van der Waals surface area contributed by atoms with Crippen LogP contribution in [0.3, 0.4) is 0 Å². The number of nitrogens with zero attached hydrogens (tertiary/aromatic N) is 5. The van der Waals surface area contributed by atoms with Gasteiger partial charge in [0.1, 0.15) is 22.6 Å². The number of benzene rings is 1. The van der Waals surface area contributed by atoms with Gasteiger partial charge in [-0.1, -0.05) is 0 Å². The number of hydrogen-bond acceptors (Lipinski definition) is 7. The van der Waals surface area contributed by atoms with E-state index in [-0.39, 0.29) is 0 Å². The number of oxazole rings is 2. The molecular formula is C19H10N6O2. The van der Waals surface area contributed by atoms with Crippen LogP contribution in [0.15, 0.2) is 63.9 Å². The van der Waals surface area contributed by atoms with Gasteiger partial charge in [0.15, 0.2) is 28.9 Å². The maximum atomic E-state index is 5.85. The van der Waals surface area contributed by atoms with Gasteiger partial charge in [-0.15, -0.1) is 0 Å². The molecule has 8 heteroatoms. The van der Waals surface area contributed by atoms with E-state index in [1.807, 2.05) is 30.3 Å². The van der Waals surface area contributed by atoms with Gasteiger partial charge in [0.25, 0.3) is 0 Å². The average Bonchev–Trinajstić information content (AvgIpc) is 3.42. The molecule has 0 radical (unpaired) electrons. The standard InChI is InChI=1S/C19H10N6O2/c1-2-11-17(20-7-1)25-16(22-11)10-3-5-14-13(8-10)24-19(27-14)12-4-6-15-18(23-12)21-9-26-15/h1-9H,(H,20,22,25). The molecule has 0 aliphatic carbocycles. The maximum Gasteiger partial charge on any atom is 0.246 e. The molecule has 0 atom stereocenters. The molecule has 5 aromatic heterocycles. The van der Waals surface area contributed by atoms with Crippen molar-refractivity contribution in [2.45, 2.75) is 0 Å². The van der Waals surface area contributed by atoms with Crippen molar-refractivity contribution in [1.82, 2.24) is 29.9 Å². The first kappa shape index (κ1) is 14.1. The van der Waals surface area contributed by atoms with Crippen LogP contribution in [-0.4, -0.2) is 29.9 Å². The van der Waals surface area contributed by atoms with E-state index in [2.05, 4.69) is 29.9 Å². The van der Waals surface area contributed by atoms with Gasteiger partial charge in [-0.05, 0) is 42.5 Å². The highest BCUT2D eigenvalue weighted by molar-refractivity contribution is 5.83. The number of nitrogens with one attached hydrogen (secondary N) is 1. The van der Waals surface area contributed by atoms with E-state index in [0.29, 0.717) is 28.4 Å². The summed E-state index contributed by atoms with van der Waals surface area (Å²) in [7, 11) is 0. The number of fused-ring (bicyclic) bond motifs is 3. The quantitative estimate of drug-likeness (QED) is 0.501. The Morgan fingerprint density at radius 2 is 1.81 bits per heavy atom. The van der Waals surface area contributed by atoms with E-state index in [0.717, 1.165) is 28.1 Å². The van der Waals surface area contributed by atoms with Crippen LogP contribution in [-0.2, 0) is 0 Å². The topological polar surface area (TPSA) is 107 Å². The van der Waals surface area contributed by atoms with E-state index in [4.69, 9.17) is 8.83 Å². The Morgan fingerprint density at radius 3 is 2.78 bits per heavy atom. The van der Waals surface area contributed by atoms with Gasteiger partial charge in [0.2, 0.25) is 5.89 Å². The summed E-state index contributed by atoms with van der Waals surface area (Å²) in [5.74, 6) is 1.16. The van der Waals surface area contributed by atoms with Crippen LogP contribution in [0.2, 0.25) is 0 Å². The third kappa shape index (κ3) is 2.20. The SMILES string of the molecule is c1cnc2[nH]c(-c3ccc4oc(-c5ccc6ocnc6n5)nc4c3)nc2c1. The fourth-order valence-electron chi connectivity index (χ4n) is 3.04. The van der Waals surface area contributed by atoms with Crippen molar-refractivity contribution < 1.29 is 8.83 Å². The Balaban J connectivity index is 1.46. The molecule has 0 saturated heterocycles. The molecule has 8 nitrogen and oxygen atoms in total. The molecule has 6 aromatic rings. The number of H-pyrrole nitrogens is 1. The third-order valence-electron chi connectivity index (χ3n) is 4.33. The highest BCUT2D eigenvalue weighted by Gasteiger charge is 2.13. The molecule has 0 unspecified atom stereocenters. The zero-order valence-corrected chi connectivity index (χ0v) is 13.7. The van der Waals surface area contributed by atoms with E-state index in [9.17, 15) is 0 Å². The maximum absolute atomic E-state index is 5.85. The van der Waals surface area contributed by atoms with Crippen LogP contribution in [0.25, 0.3) is 56.5 Å². The molecule has 6 rings (SSSR count). The number of aromatic amines is 1. The normalized spacial score (nSPS) is 11.7. The summed E-state index contributed by atoms with van der Waals surface area (Å²) in [4.78, 5) is 25.1. The summed E-state index contributed by atoms with van der Waals surface area (Å²) in [6.07, 6.45) is 3.10. The lowest BCUT2D eigenvalue weighted by molar-refractivity contribution is 0.601. The van der Waals surface area contributed by atoms with Crippen molar-refractivity contribution in [2.24, 2.45) is 0 Å². The van der Waals surface area contributed by atoms with Crippen molar-refractivity contribution >= 4 is 33.5 Å². The zero-order chi connectivity index (χ0) is 17.8. The molecule has 0 bridgehead atoms. The Labute approximate surface area is 150 Å². The summed E-state index contributed by atoms with van der Waals surface area (Å²) >= 11 is 0. The first-order chi connectivity index (χ1) is 13.3. The molecule has 0 saturated carbocycles. The Kier molecular flexibility index (Phi) is 2.73. The molecule has 128 valence electrons. The molecule has 0 spiro atoms. The van der Waals surface area contributed by atoms with Crippen LogP contribution in [0, 0.1) is 0 Å². The number of hydrogen-bond donors (Lipinski definition) is 1. The molecule has 5 heterocycles. The third-order valence-corrected chi connectivity index (χ3v) is 4.33. The second-order valence-corrected chi connectivity index (χ2v) is 6.03. The first-order valence-corrected chi connectivity index (χ1v) is 8.26. The van der Waals surface area contributed by atoms with Gasteiger partial charge in [-0.25, -0.2) is 19.9 Å². The van der Waals surface area contributed by atoms with Crippen molar-refractivity contribution in [2.75, 3.05) is 0 Å². The fourth-order valence-corrected chi connectivity index (χ4v) is 3.04. The molecule has 0 fully saturated rings. The van der Waals surface area contributed by atoms with Crippen LogP contribution < -0.4 is 0 Å². The molecule has 1 N–H and O–H groups in total. The first-order valence-electron chi connectivity index (χ1n) is 8.26. The molecule has 1 aromatic carbocycles. The molecule has 0 aliphatic rings. The smallest absolute Gasteiger partial charge is 0.246 e. The Hall–Kier alpha value is -4.07. The minimum atomic E-state index is 0.429. The largest absolute Gasteiger partial charge is 0.442 e. The van der Waals surface area contributed by atoms with Gasteiger partial charge in [-0.2, -0.15) is 4.98 Å². The van der Waals surface area contributed by atoms with Gasteiger partial charge in [0.05, 0.1) is 0 Å². The van der Waals surface area contributed by atoms with Crippen LogP contribution in [0.1, 0.15) is 0 Å². The van der Waals surface area contributed by atoms with Crippen LogP contribution in [0.4, 0.5) is 0 Å². The predicted molar refractivity (Wildman–Crippen MR) is 97.7 cm³/mol. The number of imidazole rings is 1. The number of aromatic nitrogens is 6. The second kappa shape index (κ2) is 5.21. The molecular weight excluding hydrogens is 344 g/mol. The minimum Gasteiger partial charge on any atom is -0.442 e. The van der Waals surface area contributed by atoms with Gasteiger partial charge < -0.3 is 13.8 Å². The van der Waals surface area contributed by atoms with E-state index >= 15 is 0 Å². The number of rotatable bonds is 2. The Bertz CT molecular complexity index is 1410. The van der Waals surface area contributed by atoms with Crippen LogP contribution in [0.5, 0.6) is 0 Å². The highest BCUT2D eigenvalue weighted by atomic mass is 16.3. The van der Waals surface area contributed by atoms with Gasteiger partial charge >= 0.3 is 0 Å². The molecule has 27 heavy (non-hydrogen) atoms.